The lowest BCUT2D eigenvalue weighted by Gasteiger charge is -2.32. The van der Waals surface area contributed by atoms with E-state index in [0.717, 1.165) is 12.0 Å². The van der Waals surface area contributed by atoms with Crippen LogP contribution in [0.2, 0.25) is 0 Å². The number of rotatable bonds is 7. The second-order valence-corrected chi connectivity index (χ2v) is 8.67. The third-order valence-electron chi connectivity index (χ3n) is 4.69. The molecule has 2 rings (SSSR count). The van der Waals surface area contributed by atoms with Crippen LogP contribution in [0.1, 0.15) is 58.1 Å². The highest BCUT2D eigenvalue weighted by Crippen LogP contribution is 2.40. The molecule has 2 aromatic rings. The number of carbonyl (C=O) groups excluding carboxylic acids is 1. The van der Waals surface area contributed by atoms with Crippen LogP contribution in [0.3, 0.4) is 0 Å². The van der Waals surface area contributed by atoms with E-state index in [1.807, 2.05) is 54.6 Å². The minimum absolute atomic E-state index is 0.191. The van der Waals surface area contributed by atoms with Gasteiger partial charge in [-0.15, -0.1) is 0 Å². The summed E-state index contributed by atoms with van der Waals surface area (Å²) in [5, 5.41) is 0. The molecule has 0 aliphatic rings. The fourth-order valence-corrected chi connectivity index (χ4v) is 3.24. The van der Waals surface area contributed by atoms with Crippen molar-refractivity contribution in [2.24, 2.45) is 11.3 Å². The van der Waals surface area contributed by atoms with Crippen molar-refractivity contribution in [1.82, 2.24) is 0 Å². The van der Waals surface area contributed by atoms with Gasteiger partial charge in [0.15, 0.2) is 0 Å². The van der Waals surface area contributed by atoms with Crippen LogP contribution >= 0.6 is 0 Å². The fourth-order valence-electron chi connectivity index (χ4n) is 3.24. The van der Waals surface area contributed by atoms with E-state index >= 15 is 0 Å². The van der Waals surface area contributed by atoms with Crippen LogP contribution in [0.25, 0.3) is 6.08 Å². The summed E-state index contributed by atoms with van der Waals surface area (Å²) in [4.78, 5) is 12.0. The highest BCUT2D eigenvalue weighted by molar-refractivity contribution is 5.84. The number of carbonyl (C=O) groups is 1. The van der Waals surface area contributed by atoms with E-state index in [2.05, 4.69) is 46.8 Å². The summed E-state index contributed by atoms with van der Waals surface area (Å²) in [7, 11) is 0. The van der Waals surface area contributed by atoms with E-state index < -0.39 is 0 Å². The number of hydrogen-bond donors (Lipinski definition) is 0. The highest BCUT2D eigenvalue weighted by Gasteiger charge is 2.26. The molecule has 2 heteroatoms. The molecule has 0 amide bonds. The molecule has 0 heterocycles. The van der Waals surface area contributed by atoms with E-state index in [-0.39, 0.29) is 11.4 Å². The lowest BCUT2D eigenvalue weighted by Crippen LogP contribution is -2.20. The molecular formula is C26H32O2. The number of allylic oxidation sites excluding steroid dienone is 2. The Labute approximate surface area is 169 Å². The predicted molar refractivity (Wildman–Crippen MR) is 118 cm³/mol. The molecule has 0 radical (unpaired) electrons. The van der Waals surface area contributed by atoms with Gasteiger partial charge in [-0.25, -0.2) is 4.79 Å². The average molecular weight is 377 g/mol. The lowest BCUT2D eigenvalue weighted by atomic mass is 9.72. The van der Waals surface area contributed by atoms with Crippen molar-refractivity contribution < 1.29 is 9.53 Å². The third-order valence-corrected chi connectivity index (χ3v) is 4.69. The Balaban J connectivity index is 1.96. The lowest BCUT2D eigenvalue weighted by molar-refractivity contribution is -0.128. The molecule has 0 bridgehead atoms. The second-order valence-electron chi connectivity index (χ2n) is 8.67. The highest BCUT2D eigenvalue weighted by atomic mass is 16.5. The second kappa shape index (κ2) is 10.1. The van der Waals surface area contributed by atoms with Crippen molar-refractivity contribution in [3.63, 3.8) is 0 Å². The van der Waals surface area contributed by atoms with Gasteiger partial charge in [0.25, 0.3) is 0 Å². The van der Waals surface area contributed by atoms with Crippen molar-refractivity contribution in [3.05, 3.63) is 84.0 Å². The SMILES string of the molecule is CC(C)CC(c1ccc(OC(=O)C=CC=Cc2ccccc2)cc1)C(C)(C)C. The largest absolute Gasteiger partial charge is 0.423 e. The third kappa shape index (κ3) is 7.19. The molecule has 28 heavy (non-hydrogen) atoms. The van der Waals surface area contributed by atoms with Gasteiger partial charge < -0.3 is 4.74 Å². The predicted octanol–water partition coefficient (Wildman–Crippen LogP) is 7.04. The van der Waals surface area contributed by atoms with E-state index in [1.54, 1.807) is 6.08 Å². The number of benzene rings is 2. The molecule has 0 saturated heterocycles. The molecule has 0 aromatic heterocycles. The molecule has 0 spiro atoms. The Bertz CT molecular complexity index is 791. The molecule has 1 atom stereocenters. The van der Waals surface area contributed by atoms with Crippen LogP contribution in [0, 0.1) is 11.3 Å². The monoisotopic (exact) mass is 376 g/mol. The fraction of sp³-hybridized carbons (Fsp3) is 0.346. The molecule has 0 aliphatic heterocycles. The summed E-state index contributed by atoms with van der Waals surface area (Å²) in [6.45, 7) is 11.4. The summed E-state index contributed by atoms with van der Waals surface area (Å²) in [6, 6.07) is 17.9. The van der Waals surface area contributed by atoms with Crippen LogP contribution in [-0.4, -0.2) is 5.97 Å². The zero-order valence-electron chi connectivity index (χ0n) is 17.7. The van der Waals surface area contributed by atoms with E-state index in [1.165, 1.54) is 11.6 Å². The van der Waals surface area contributed by atoms with Gasteiger partial charge in [-0.1, -0.05) is 95.3 Å². The first-order valence-electron chi connectivity index (χ1n) is 9.97. The van der Waals surface area contributed by atoms with Crippen molar-refractivity contribution in [1.29, 1.82) is 0 Å². The van der Waals surface area contributed by atoms with Gasteiger partial charge in [-0.3, -0.25) is 0 Å². The smallest absolute Gasteiger partial charge is 0.336 e. The van der Waals surface area contributed by atoms with E-state index in [0.29, 0.717) is 17.6 Å². The summed E-state index contributed by atoms with van der Waals surface area (Å²) >= 11 is 0. The Hall–Kier alpha value is -2.61. The van der Waals surface area contributed by atoms with Crippen molar-refractivity contribution in [2.45, 2.75) is 47.0 Å². The van der Waals surface area contributed by atoms with Crippen LogP contribution < -0.4 is 4.74 Å². The van der Waals surface area contributed by atoms with Crippen molar-refractivity contribution >= 4 is 12.0 Å². The topological polar surface area (TPSA) is 26.3 Å². The van der Waals surface area contributed by atoms with Crippen molar-refractivity contribution in [3.8, 4) is 5.75 Å². The maximum absolute atomic E-state index is 12.0. The summed E-state index contributed by atoms with van der Waals surface area (Å²) in [5.74, 6) is 1.30. The minimum Gasteiger partial charge on any atom is -0.423 e. The summed E-state index contributed by atoms with van der Waals surface area (Å²) in [5.41, 5.74) is 2.57. The standard InChI is InChI=1S/C26H32O2/c1-20(2)19-24(26(3,4)5)22-15-17-23(18-16-22)28-25(27)14-10-9-13-21-11-7-6-8-12-21/h6-18,20,24H,19H2,1-5H3. The van der Waals surface area contributed by atoms with Crippen LogP contribution in [0.4, 0.5) is 0 Å². The van der Waals surface area contributed by atoms with Gasteiger partial charge >= 0.3 is 5.97 Å². The Morgan fingerprint density at radius 1 is 0.964 bits per heavy atom. The zero-order chi connectivity index (χ0) is 20.6. The Morgan fingerprint density at radius 2 is 1.61 bits per heavy atom. The molecule has 1 unspecified atom stereocenters. The van der Waals surface area contributed by atoms with E-state index in [9.17, 15) is 4.79 Å². The number of ether oxygens (including phenoxy) is 1. The number of hydrogen-bond acceptors (Lipinski definition) is 2. The first-order valence-corrected chi connectivity index (χ1v) is 9.97. The average Bonchev–Trinajstić information content (AvgIpc) is 2.64. The van der Waals surface area contributed by atoms with Crippen LogP contribution in [-0.2, 0) is 4.79 Å². The molecule has 0 aliphatic carbocycles. The first-order chi connectivity index (χ1) is 13.3. The molecule has 0 fully saturated rings. The van der Waals surface area contributed by atoms with E-state index in [4.69, 9.17) is 4.74 Å². The van der Waals surface area contributed by atoms with Gasteiger partial charge in [0, 0.05) is 6.08 Å². The number of esters is 1. The van der Waals surface area contributed by atoms with Gasteiger partial charge in [0.1, 0.15) is 5.75 Å². The molecule has 0 saturated carbocycles. The Morgan fingerprint density at radius 3 is 2.18 bits per heavy atom. The Kier molecular flexibility index (Phi) is 7.80. The maximum atomic E-state index is 12.0. The van der Waals surface area contributed by atoms with Gasteiger partial charge in [-0.05, 0) is 46.9 Å². The van der Waals surface area contributed by atoms with Gasteiger partial charge in [0.2, 0.25) is 0 Å². The summed E-state index contributed by atoms with van der Waals surface area (Å²) in [6.07, 6.45) is 8.05. The normalized spacial score (nSPS) is 13.4. The first kappa shape index (κ1) is 21.7. The van der Waals surface area contributed by atoms with Crippen molar-refractivity contribution in [2.75, 3.05) is 0 Å². The maximum Gasteiger partial charge on any atom is 0.336 e. The summed E-state index contributed by atoms with van der Waals surface area (Å²) < 4.78 is 5.41. The quantitative estimate of drug-likeness (QED) is 0.224. The van der Waals surface area contributed by atoms with Crippen LogP contribution in [0.15, 0.2) is 72.8 Å². The molecule has 148 valence electrons. The molecular weight excluding hydrogens is 344 g/mol. The molecule has 2 nitrogen and oxygen atoms in total. The van der Waals surface area contributed by atoms with Gasteiger partial charge in [0.05, 0.1) is 0 Å². The minimum atomic E-state index is -0.375. The molecule has 0 N–H and O–H groups in total. The zero-order valence-corrected chi connectivity index (χ0v) is 17.7. The van der Waals surface area contributed by atoms with Crippen LogP contribution in [0.5, 0.6) is 5.75 Å². The van der Waals surface area contributed by atoms with Gasteiger partial charge in [-0.2, -0.15) is 0 Å². The molecule has 2 aromatic carbocycles.